The molecular weight excluding hydrogens is 472 g/mol. The van der Waals surface area contributed by atoms with Crippen LogP contribution in [0.2, 0.25) is 5.02 Å². The highest BCUT2D eigenvalue weighted by Gasteiger charge is 2.36. The van der Waals surface area contributed by atoms with Crippen LogP contribution in [0.5, 0.6) is 0 Å². The van der Waals surface area contributed by atoms with Crippen LogP contribution < -0.4 is 10.2 Å². The number of allylic oxidation sites excluding steroid dienone is 1. The maximum absolute atomic E-state index is 13.5. The van der Waals surface area contributed by atoms with Crippen molar-refractivity contribution in [1.82, 2.24) is 15.5 Å². The van der Waals surface area contributed by atoms with Crippen LogP contribution in [0.1, 0.15) is 46.7 Å². The Kier molecular flexibility index (Phi) is 6.14. The van der Waals surface area contributed by atoms with Crippen molar-refractivity contribution in [3.8, 4) is 11.4 Å². The highest BCUT2D eigenvalue weighted by atomic mass is 35.5. The third-order valence-corrected chi connectivity index (χ3v) is 7.11. The molecule has 1 aliphatic heterocycles. The van der Waals surface area contributed by atoms with Gasteiger partial charge in [-0.2, -0.15) is 4.98 Å². The van der Waals surface area contributed by atoms with Crippen molar-refractivity contribution < 1.29 is 9.32 Å². The van der Waals surface area contributed by atoms with Crippen LogP contribution in [0.25, 0.3) is 17.0 Å². The summed E-state index contributed by atoms with van der Waals surface area (Å²) in [4.78, 5) is 19.9. The van der Waals surface area contributed by atoms with E-state index in [0.29, 0.717) is 28.1 Å². The Bertz CT molecular complexity index is 1520. The van der Waals surface area contributed by atoms with Gasteiger partial charge in [-0.15, -0.1) is 0 Å². The van der Waals surface area contributed by atoms with Crippen molar-refractivity contribution in [1.29, 1.82) is 0 Å². The summed E-state index contributed by atoms with van der Waals surface area (Å²) < 4.78 is 5.82. The first-order valence-electron chi connectivity index (χ1n) is 11.8. The van der Waals surface area contributed by atoms with Gasteiger partial charge in [-0.1, -0.05) is 58.7 Å². The predicted molar refractivity (Wildman–Crippen MR) is 143 cm³/mol. The second-order valence-electron chi connectivity index (χ2n) is 9.29. The van der Waals surface area contributed by atoms with E-state index in [4.69, 9.17) is 21.1 Å². The molecule has 1 N–H and O–H groups in total. The molecule has 1 unspecified atom stereocenters. The smallest absolute Gasteiger partial charge is 0.326 e. The van der Waals surface area contributed by atoms with Crippen molar-refractivity contribution in [3.05, 3.63) is 105 Å². The van der Waals surface area contributed by atoms with Gasteiger partial charge in [0.2, 0.25) is 5.82 Å². The molecule has 4 aromatic rings. The minimum atomic E-state index is -0.452. The van der Waals surface area contributed by atoms with Gasteiger partial charge in [0.15, 0.2) is 0 Å². The second-order valence-corrected chi connectivity index (χ2v) is 9.69. The van der Waals surface area contributed by atoms with Crippen LogP contribution in [-0.2, 0) is 0 Å². The zero-order valence-corrected chi connectivity index (χ0v) is 21.6. The highest BCUT2D eigenvalue weighted by Crippen LogP contribution is 2.40. The molecule has 5 rings (SSSR count). The summed E-state index contributed by atoms with van der Waals surface area (Å²) in [5.74, 6) is 0.863. The predicted octanol–water partition coefficient (Wildman–Crippen LogP) is 7.33. The summed E-state index contributed by atoms with van der Waals surface area (Å²) in [5, 5.41) is 8.08. The molecule has 0 bridgehead atoms. The van der Waals surface area contributed by atoms with Gasteiger partial charge in [-0.3, -0.25) is 4.90 Å². The fourth-order valence-corrected chi connectivity index (χ4v) is 4.64. The van der Waals surface area contributed by atoms with Gasteiger partial charge in [0.25, 0.3) is 5.89 Å². The first-order valence-corrected chi connectivity index (χ1v) is 12.2. The summed E-state index contributed by atoms with van der Waals surface area (Å²) >= 11 is 6.26. The Morgan fingerprint density at radius 2 is 1.72 bits per heavy atom. The van der Waals surface area contributed by atoms with Gasteiger partial charge < -0.3 is 9.84 Å². The van der Waals surface area contributed by atoms with E-state index in [1.165, 1.54) is 5.56 Å². The Balaban J connectivity index is 1.68. The lowest BCUT2D eigenvalue weighted by molar-refractivity contribution is 0.244. The average molecular weight is 499 g/mol. The van der Waals surface area contributed by atoms with Gasteiger partial charge in [-0.25, -0.2) is 4.79 Å². The molecule has 0 fully saturated rings. The zero-order valence-electron chi connectivity index (χ0n) is 20.9. The zero-order chi connectivity index (χ0) is 25.6. The highest BCUT2D eigenvalue weighted by molar-refractivity contribution is 6.31. The number of nitrogens with one attached hydrogen (secondary N) is 1. The van der Waals surface area contributed by atoms with Crippen LogP contribution in [0.15, 0.2) is 70.9 Å². The number of carbonyl (C=O) groups excluding carboxylic acids is 1. The number of halogens is 1. The SMILES string of the molecule is CC1=C(c2nc(-c3cccc(C)c3)no2)C(c2ccc(C)c(C)c2)NC(=O)N1c1ccc(Cl)c(C)c1. The molecule has 0 radical (unpaired) electrons. The van der Waals surface area contributed by atoms with Crippen LogP contribution in [0.3, 0.4) is 0 Å². The number of urea groups is 1. The van der Waals surface area contributed by atoms with E-state index in [9.17, 15) is 4.79 Å². The van der Waals surface area contributed by atoms with Gasteiger partial charge in [0.05, 0.1) is 17.3 Å². The van der Waals surface area contributed by atoms with Crippen LogP contribution in [-0.4, -0.2) is 16.2 Å². The number of aryl methyl sites for hydroxylation is 4. The number of nitrogens with zero attached hydrogens (tertiary/aromatic N) is 3. The number of benzene rings is 3. The van der Waals surface area contributed by atoms with E-state index in [0.717, 1.165) is 33.4 Å². The molecule has 0 spiro atoms. The minimum Gasteiger partial charge on any atom is -0.334 e. The third-order valence-electron chi connectivity index (χ3n) is 6.68. The molecular formula is C29H27ClN4O2. The maximum Gasteiger partial charge on any atom is 0.326 e. The number of amides is 2. The molecule has 2 amide bonds. The quantitative estimate of drug-likeness (QED) is 0.320. The minimum absolute atomic E-state index is 0.236. The normalized spacial score (nSPS) is 15.9. The molecule has 0 saturated heterocycles. The van der Waals surface area contributed by atoms with Gasteiger partial charge in [0, 0.05) is 16.3 Å². The summed E-state index contributed by atoms with van der Waals surface area (Å²) in [6, 6.07) is 19.0. The lowest BCUT2D eigenvalue weighted by Gasteiger charge is -2.35. The summed E-state index contributed by atoms with van der Waals surface area (Å²) in [6.45, 7) is 9.97. The van der Waals surface area contributed by atoms with Crippen molar-refractivity contribution in [2.75, 3.05) is 4.90 Å². The Morgan fingerprint density at radius 3 is 2.44 bits per heavy atom. The fourth-order valence-electron chi connectivity index (χ4n) is 4.53. The maximum atomic E-state index is 13.5. The lowest BCUT2D eigenvalue weighted by atomic mass is 9.92. The summed E-state index contributed by atoms with van der Waals surface area (Å²) in [6.07, 6.45) is 0. The van der Waals surface area contributed by atoms with E-state index in [2.05, 4.69) is 36.5 Å². The van der Waals surface area contributed by atoms with Crippen molar-refractivity contribution >= 4 is 28.9 Å². The molecule has 7 heteroatoms. The number of rotatable bonds is 4. The van der Waals surface area contributed by atoms with Crippen molar-refractivity contribution in [2.24, 2.45) is 0 Å². The Labute approximate surface area is 215 Å². The molecule has 3 aromatic carbocycles. The monoisotopic (exact) mass is 498 g/mol. The number of hydrogen-bond acceptors (Lipinski definition) is 4. The Hall–Kier alpha value is -3.90. The number of carbonyl (C=O) groups is 1. The molecule has 2 heterocycles. The summed E-state index contributed by atoms with van der Waals surface area (Å²) in [7, 11) is 0. The standard InChI is InChI=1S/C29H27ClN4O2/c1-16-7-6-8-22(13-16)27-32-28(36-33-27)25-20(5)34(23-11-12-24(30)19(4)15-23)29(35)31-26(25)21-10-9-17(2)18(3)14-21/h6-15,26H,1-5H3,(H,31,35). The molecule has 1 aliphatic rings. The Morgan fingerprint density at radius 1 is 0.917 bits per heavy atom. The topological polar surface area (TPSA) is 71.3 Å². The van der Waals surface area contributed by atoms with E-state index in [-0.39, 0.29) is 6.03 Å². The van der Waals surface area contributed by atoms with Gasteiger partial charge in [-0.05, 0) is 81.1 Å². The largest absolute Gasteiger partial charge is 0.334 e. The van der Waals surface area contributed by atoms with E-state index in [1.807, 2.05) is 63.2 Å². The third kappa shape index (κ3) is 4.29. The molecule has 0 aliphatic carbocycles. The van der Waals surface area contributed by atoms with Gasteiger partial charge in [0.1, 0.15) is 0 Å². The van der Waals surface area contributed by atoms with E-state index >= 15 is 0 Å². The van der Waals surface area contributed by atoms with Crippen molar-refractivity contribution in [2.45, 2.75) is 40.7 Å². The summed E-state index contributed by atoms with van der Waals surface area (Å²) in [5.41, 5.74) is 8.30. The first-order chi connectivity index (χ1) is 17.2. The van der Waals surface area contributed by atoms with E-state index < -0.39 is 6.04 Å². The van der Waals surface area contributed by atoms with E-state index in [1.54, 1.807) is 11.0 Å². The van der Waals surface area contributed by atoms with Crippen LogP contribution >= 0.6 is 11.6 Å². The van der Waals surface area contributed by atoms with Crippen LogP contribution in [0.4, 0.5) is 10.5 Å². The molecule has 1 atom stereocenters. The number of aromatic nitrogens is 2. The number of hydrogen-bond donors (Lipinski definition) is 1. The molecule has 36 heavy (non-hydrogen) atoms. The number of anilines is 1. The van der Waals surface area contributed by atoms with Crippen LogP contribution in [0, 0.1) is 27.7 Å². The lowest BCUT2D eigenvalue weighted by Crippen LogP contribution is -2.46. The molecule has 0 saturated carbocycles. The van der Waals surface area contributed by atoms with Gasteiger partial charge >= 0.3 is 6.03 Å². The second kappa shape index (κ2) is 9.28. The molecule has 182 valence electrons. The average Bonchev–Trinajstić information content (AvgIpc) is 3.32. The molecule has 6 nitrogen and oxygen atoms in total. The van der Waals surface area contributed by atoms with Crippen molar-refractivity contribution in [3.63, 3.8) is 0 Å². The molecule has 1 aromatic heterocycles. The fraction of sp³-hybridized carbons (Fsp3) is 0.207. The first kappa shape index (κ1) is 23.8.